The second kappa shape index (κ2) is 3.30. The summed E-state index contributed by atoms with van der Waals surface area (Å²) >= 11 is 1.80. The van der Waals surface area contributed by atoms with Crippen LogP contribution in [0.15, 0.2) is 17.5 Å². The van der Waals surface area contributed by atoms with Gasteiger partial charge in [0.05, 0.1) is 5.54 Å². The Kier molecular flexibility index (Phi) is 2.16. The third-order valence-electron chi connectivity index (χ3n) is 3.95. The van der Waals surface area contributed by atoms with E-state index in [2.05, 4.69) is 17.5 Å². The molecule has 0 amide bonds. The molecule has 0 aromatic carbocycles. The van der Waals surface area contributed by atoms with E-state index >= 15 is 0 Å². The Balaban J connectivity index is 1.74. The van der Waals surface area contributed by atoms with Crippen LogP contribution < -0.4 is 5.73 Å². The minimum Gasteiger partial charge on any atom is -0.381 e. The molecule has 0 bridgehead atoms. The Bertz CT molecular complexity index is 333. The molecule has 0 radical (unpaired) electrons. The second-order valence-electron chi connectivity index (χ2n) is 5.10. The van der Waals surface area contributed by atoms with Crippen molar-refractivity contribution in [2.45, 2.75) is 31.2 Å². The smallest absolute Gasteiger partial charge is 0.0514 e. The molecule has 1 spiro atoms. The van der Waals surface area contributed by atoms with Gasteiger partial charge in [0.15, 0.2) is 0 Å². The summed E-state index contributed by atoms with van der Waals surface area (Å²) in [6, 6.07) is 4.28. The molecule has 1 saturated carbocycles. The fraction of sp³-hybridized carbons (Fsp3) is 0.667. The van der Waals surface area contributed by atoms with Gasteiger partial charge >= 0.3 is 0 Å². The fourth-order valence-corrected chi connectivity index (χ4v) is 4.02. The summed E-state index contributed by atoms with van der Waals surface area (Å²) in [5.74, 6) is 0. The number of ether oxygens (including phenoxy) is 1. The molecule has 3 rings (SSSR count). The van der Waals surface area contributed by atoms with Crippen LogP contribution >= 0.6 is 11.3 Å². The Morgan fingerprint density at radius 2 is 2.00 bits per heavy atom. The normalized spacial score (nSPS) is 27.5. The van der Waals surface area contributed by atoms with Gasteiger partial charge in [-0.2, -0.15) is 0 Å². The third kappa shape index (κ3) is 1.53. The Morgan fingerprint density at radius 1 is 1.27 bits per heavy atom. The molecule has 1 aromatic heterocycles. The lowest BCUT2D eigenvalue weighted by Crippen LogP contribution is -2.56. The van der Waals surface area contributed by atoms with Crippen LogP contribution in [0, 0.1) is 5.41 Å². The molecule has 2 N–H and O–H groups in total. The van der Waals surface area contributed by atoms with Crippen molar-refractivity contribution < 1.29 is 4.74 Å². The van der Waals surface area contributed by atoms with E-state index in [1.807, 2.05) is 0 Å². The molecule has 2 fully saturated rings. The zero-order valence-corrected chi connectivity index (χ0v) is 9.69. The highest BCUT2D eigenvalue weighted by Crippen LogP contribution is 2.58. The van der Waals surface area contributed by atoms with Crippen molar-refractivity contribution in [1.29, 1.82) is 0 Å². The van der Waals surface area contributed by atoms with Crippen molar-refractivity contribution in [3.8, 4) is 0 Å². The molecule has 1 aromatic rings. The summed E-state index contributed by atoms with van der Waals surface area (Å²) in [7, 11) is 0. The molecule has 2 heterocycles. The summed E-state index contributed by atoms with van der Waals surface area (Å²) in [6.45, 7) is 1.86. The van der Waals surface area contributed by atoms with Gasteiger partial charge in [-0.15, -0.1) is 11.3 Å². The first-order valence-corrected chi connectivity index (χ1v) is 6.51. The zero-order chi connectivity index (χ0) is 10.4. The van der Waals surface area contributed by atoms with E-state index in [1.165, 1.54) is 17.7 Å². The molecule has 2 aliphatic rings. The lowest BCUT2D eigenvalue weighted by Gasteiger charge is -2.56. The van der Waals surface area contributed by atoms with Gasteiger partial charge in [0.2, 0.25) is 0 Å². The predicted octanol–water partition coefficient (Wildman–Crippen LogP) is 2.49. The third-order valence-corrected chi connectivity index (χ3v) is 5.04. The van der Waals surface area contributed by atoms with Crippen LogP contribution in [0.25, 0.3) is 0 Å². The highest BCUT2D eigenvalue weighted by atomic mass is 32.1. The van der Waals surface area contributed by atoms with Crippen LogP contribution in [0.5, 0.6) is 0 Å². The summed E-state index contributed by atoms with van der Waals surface area (Å²) < 4.78 is 5.42. The minimum atomic E-state index is -0.0223. The van der Waals surface area contributed by atoms with Gasteiger partial charge in [-0.3, -0.25) is 0 Å². The minimum absolute atomic E-state index is 0.0223. The Morgan fingerprint density at radius 3 is 2.60 bits per heavy atom. The molecule has 3 heteroatoms. The van der Waals surface area contributed by atoms with Crippen LogP contribution in [-0.4, -0.2) is 13.2 Å². The first-order valence-electron chi connectivity index (χ1n) is 5.63. The first kappa shape index (κ1) is 9.82. The van der Waals surface area contributed by atoms with E-state index in [-0.39, 0.29) is 5.54 Å². The van der Waals surface area contributed by atoms with Gasteiger partial charge in [-0.1, -0.05) is 6.07 Å². The van der Waals surface area contributed by atoms with Crippen molar-refractivity contribution in [1.82, 2.24) is 0 Å². The van der Waals surface area contributed by atoms with Crippen molar-refractivity contribution >= 4 is 11.3 Å². The average Bonchev–Trinajstić information content (AvgIpc) is 2.70. The van der Waals surface area contributed by atoms with Gasteiger partial charge < -0.3 is 10.5 Å². The van der Waals surface area contributed by atoms with Gasteiger partial charge in [-0.05, 0) is 42.5 Å². The maximum Gasteiger partial charge on any atom is 0.0514 e. The van der Waals surface area contributed by atoms with E-state index in [0.717, 1.165) is 26.1 Å². The molecule has 15 heavy (non-hydrogen) atoms. The lowest BCUT2D eigenvalue weighted by atomic mass is 9.54. The predicted molar refractivity (Wildman–Crippen MR) is 61.9 cm³/mol. The number of rotatable bonds is 1. The molecule has 0 unspecified atom stereocenters. The maximum absolute atomic E-state index is 6.44. The lowest BCUT2D eigenvalue weighted by molar-refractivity contribution is -0.0714. The van der Waals surface area contributed by atoms with Gasteiger partial charge in [0.25, 0.3) is 0 Å². The van der Waals surface area contributed by atoms with E-state index in [0.29, 0.717) is 5.41 Å². The summed E-state index contributed by atoms with van der Waals surface area (Å²) in [5, 5.41) is 2.12. The number of hydrogen-bond acceptors (Lipinski definition) is 3. The molecule has 82 valence electrons. The van der Waals surface area contributed by atoms with Crippen molar-refractivity contribution in [3.05, 3.63) is 22.4 Å². The van der Waals surface area contributed by atoms with Crippen molar-refractivity contribution in [2.75, 3.05) is 13.2 Å². The van der Waals surface area contributed by atoms with Crippen LogP contribution in [0.1, 0.15) is 30.6 Å². The number of thiophene rings is 1. The maximum atomic E-state index is 6.44. The van der Waals surface area contributed by atoms with E-state index in [4.69, 9.17) is 10.5 Å². The molecule has 1 saturated heterocycles. The quantitative estimate of drug-likeness (QED) is 0.794. The second-order valence-corrected chi connectivity index (χ2v) is 6.05. The Labute approximate surface area is 94.4 Å². The first-order chi connectivity index (χ1) is 7.23. The van der Waals surface area contributed by atoms with Gasteiger partial charge in [-0.25, -0.2) is 0 Å². The SMILES string of the molecule is NC1(c2cccs2)CC2(CCOCC2)C1. The number of nitrogens with two attached hydrogens (primary N) is 1. The van der Waals surface area contributed by atoms with Crippen LogP contribution in [0.3, 0.4) is 0 Å². The van der Waals surface area contributed by atoms with E-state index < -0.39 is 0 Å². The van der Waals surface area contributed by atoms with Crippen LogP contribution in [0.4, 0.5) is 0 Å². The van der Waals surface area contributed by atoms with Crippen molar-refractivity contribution in [3.63, 3.8) is 0 Å². The molecule has 1 aliphatic carbocycles. The standard InChI is InChI=1S/C12H17NOS/c13-12(10-2-1-7-15-10)8-11(9-12)3-5-14-6-4-11/h1-2,7H,3-6,8-9,13H2. The summed E-state index contributed by atoms with van der Waals surface area (Å²) in [6.07, 6.45) is 4.72. The van der Waals surface area contributed by atoms with Crippen LogP contribution in [-0.2, 0) is 10.3 Å². The largest absolute Gasteiger partial charge is 0.381 e. The topological polar surface area (TPSA) is 35.2 Å². The molecule has 0 atom stereocenters. The van der Waals surface area contributed by atoms with Gasteiger partial charge in [0, 0.05) is 18.1 Å². The molecule has 1 aliphatic heterocycles. The monoisotopic (exact) mass is 223 g/mol. The van der Waals surface area contributed by atoms with Crippen LogP contribution in [0.2, 0.25) is 0 Å². The van der Waals surface area contributed by atoms with E-state index in [9.17, 15) is 0 Å². The molecular formula is C12H17NOS. The van der Waals surface area contributed by atoms with E-state index in [1.54, 1.807) is 11.3 Å². The highest BCUT2D eigenvalue weighted by Gasteiger charge is 2.53. The average molecular weight is 223 g/mol. The Hall–Kier alpha value is -0.380. The molecule has 2 nitrogen and oxygen atoms in total. The van der Waals surface area contributed by atoms with Crippen molar-refractivity contribution in [2.24, 2.45) is 11.1 Å². The van der Waals surface area contributed by atoms with Gasteiger partial charge in [0.1, 0.15) is 0 Å². The summed E-state index contributed by atoms with van der Waals surface area (Å²) in [4.78, 5) is 1.36. The highest BCUT2D eigenvalue weighted by molar-refractivity contribution is 7.10. The summed E-state index contributed by atoms with van der Waals surface area (Å²) in [5.41, 5.74) is 6.93. The molecular weight excluding hydrogens is 206 g/mol. The number of hydrogen-bond donors (Lipinski definition) is 1. The fourth-order valence-electron chi connectivity index (χ4n) is 3.18. The zero-order valence-electron chi connectivity index (χ0n) is 8.87.